The first-order valence-electron chi connectivity index (χ1n) is 7.85. The van der Waals surface area contributed by atoms with Gasteiger partial charge in [-0.25, -0.2) is 0 Å². The predicted octanol–water partition coefficient (Wildman–Crippen LogP) is 6.24. The van der Waals surface area contributed by atoms with Crippen LogP contribution in [0.1, 0.15) is 18.1 Å². The highest BCUT2D eigenvalue weighted by atomic mass is 19.4. The molecule has 2 aromatic carbocycles. The molecule has 0 unspecified atom stereocenters. The minimum atomic E-state index is -5.05. The van der Waals surface area contributed by atoms with Crippen LogP contribution < -0.4 is 5.32 Å². The fraction of sp³-hybridized carbons (Fsp3) is 0.167. The summed E-state index contributed by atoms with van der Waals surface area (Å²) >= 11 is 0. The van der Waals surface area contributed by atoms with Crippen molar-refractivity contribution in [2.45, 2.75) is 19.3 Å². The van der Waals surface area contributed by atoms with Crippen molar-refractivity contribution in [3.05, 3.63) is 71.1 Å². The van der Waals surface area contributed by atoms with Gasteiger partial charge in [-0.2, -0.15) is 31.5 Å². The largest absolute Gasteiger partial charge is 0.510 e. The molecule has 2 aromatic rings. The molecule has 0 saturated heterocycles. The van der Waals surface area contributed by atoms with Gasteiger partial charge in [0.1, 0.15) is 5.76 Å². The van der Waals surface area contributed by atoms with E-state index in [1.807, 2.05) is 0 Å². The number of para-hydroxylation sites is 1. The summed E-state index contributed by atoms with van der Waals surface area (Å²) in [6.45, 7) is 1.06. The third-order valence-electron chi connectivity index (χ3n) is 3.43. The summed E-state index contributed by atoms with van der Waals surface area (Å²) < 4.78 is 77.3. The lowest BCUT2D eigenvalue weighted by atomic mass is 10.1. The van der Waals surface area contributed by atoms with Crippen LogP contribution in [0.4, 0.5) is 37.7 Å². The van der Waals surface area contributed by atoms with Crippen molar-refractivity contribution >= 4 is 17.3 Å². The van der Waals surface area contributed by atoms with Crippen LogP contribution in [0.5, 0.6) is 0 Å². The van der Waals surface area contributed by atoms with Crippen molar-refractivity contribution in [1.82, 2.24) is 0 Å². The van der Waals surface area contributed by atoms with Gasteiger partial charge in [-0.3, -0.25) is 4.79 Å². The monoisotopic (exact) mass is 417 g/mol. The number of alkyl halides is 6. The molecule has 2 N–H and O–H groups in total. The number of anilines is 1. The smallest absolute Gasteiger partial charge is 0.416 e. The fourth-order valence-corrected chi connectivity index (χ4v) is 2.10. The molecule has 0 radical (unpaired) electrons. The van der Waals surface area contributed by atoms with Gasteiger partial charge in [0, 0.05) is 5.69 Å². The van der Waals surface area contributed by atoms with Gasteiger partial charge >= 0.3 is 12.4 Å². The Morgan fingerprint density at radius 2 is 1.45 bits per heavy atom. The highest BCUT2D eigenvalue weighted by molar-refractivity contribution is 6.03. The van der Waals surface area contributed by atoms with E-state index in [0.29, 0.717) is 17.8 Å². The minimum Gasteiger partial charge on any atom is -0.510 e. The van der Waals surface area contributed by atoms with Crippen molar-refractivity contribution < 1.29 is 36.2 Å². The summed E-state index contributed by atoms with van der Waals surface area (Å²) in [5, 5.41) is 18.6. The maximum atomic E-state index is 12.9. The first-order chi connectivity index (χ1) is 13.4. The highest BCUT2D eigenvalue weighted by Gasteiger charge is 2.37. The second-order valence-electron chi connectivity index (χ2n) is 5.72. The quantitative estimate of drug-likeness (QED) is 0.268. The second-order valence-corrected chi connectivity index (χ2v) is 5.72. The van der Waals surface area contributed by atoms with Gasteiger partial charge in [-0.15, -0.1) is 5.11 Å². The predicted molar refractivity (Wildman–Crippen MR) is 91.4 cm³/mol. The molecule has 0 saturated carbocycles. The van der Waals surface area contributed by atoms with E-state index < -0.39 is 46.5 Å². The van der Waals surface area contributed by atoms with Gasteiger partial charge in [-0.1, -0.05) is 18.2 Å². The van der Waals surface area contributed by atoms with E-state index in [9.17, 15) is 36.2 Å². The summed E-state index contributed by atoms with van der Waals surface area (Å²) in [5.41, 5.74) is -4.31. The molecule has 0 aliphatic carbocycles. The number of carbonyl (C=O) groups excluding carboxylic acids is 1. The average Bonchev–Trinajstić information content (AvgIpc) is 2.60. The SMILES string of the molecule is C/C(O)=C(/N=Nc1cc(C(F)(F)F)cc(C(F)(F)F)c1)C(=O)Nc1ccccc1. The molecule has 0 aliphatic rings. The number of aliphatic hydroxyl groups excluding tert-OH is 1. The summed E-state index contributed by atoms with van der Waals surface area (Å²) in [5.74, 6) is -1.59. The lowest BCUT2D eigenvalue weighted by Crippen LogP contribution is -2.14. The van der Waals surface area contributed by atoms with Crippen LogP contribution in [0.15, 0.2) is 70.2 Å². The summed E-state index contributed by atoms with van der Waals surface area (Å²) in [7, 11) is 0. The first-order valence-corrected chi connectivity index (χ1v) is 7.85. The number of benzene rings is 2. The molecular weight excluding hydrogens is 404 g/mol. The number of allylic oxidation sites excluding steroid dienone is 1. The van der Waals surface area contributed by atoms with Crippen molar-refractivity contribution in [2.24, 2.45) is 10.2 Å². The fourth-order valence-electron chi connectivity index (χ4n) is 2.10. The molecule has 0 fully saturated rings. The Bertz CT molecular complexity index is 914. The topological polar surface area (TPSA) is 74.0 Å². The number of rotatable bonds is 4. The van der Waals surface area contributed by atoms with Gasteiger partial charge < -0.3 is 10.4 Å². The molecule has 0 bridgehead atoms. The number of halogens is 6. The van der Waals surface area contributed by atoms with E-state index in [1.54, 1.807) is 18.2 Å². The van der Waals surface area contributed by atoms with Crippen LogP contribution in [0, 0.1) is 0 Å². The van der Waals surface area contributed by atoms with Crippen molar-refractivity contribution in [1.29, 1.82) is 0 Å². The zero-order valence-corrected chi connectivity index (χ0v) is 14.6. The minimum absolute atomic E-state index is 0.0603. The standard InChI is InChI=1S/C18H13F6N3O2/c1-10(28)15(16(29)25-13-5-3-2-4-6-13)27-26-14-8-11(17(19,20)21)7-12(9-14)18(22,23)24/h2-9,28H,1H3,(H,25,29)/b15-10-,27-26?. The maximum Gasteiger partial charge on any atom is 0.416 e. The van der Waals surface area contributed by atoms with Gasteiger partial charge in [0.15, 0.2) is 5.70 Å². The molecule has 11 heteroatoms. The van der Waals surface area contributed by atoms with Gasteiger partial charge in [-0.05, 0) is 37.3 Å². The van der Waals surface area contributed by atoms with Crippen LogP contribution in [0.2, 0.25) is 0 Å². The number of aliphatic hydroxyl groups is 1. The molecule has 1 amide bonds. The lowest BCUT2D eigenvalue weighted by molar-refractivity contribution is -0.143. The summed E-state index contributed by atoms with van der Waals surface area (Å²) in [6, 6.07) is 8.55. The third-order valence-corrected chi connectivity index (χ3v) is 3.43. The Morgan fingerprint density at radius 3 is 1.90 bits per heavy atom. The zero-order chi connectivity index (χ0) is 21.8. The van der Waals surface area contributed by atoms with Crippen LogP contribution in [0.25, 0.3) is 0 Å². The van der Waals surface area contributed by atoms with Crippen LogP contribution >= 0.6 is 0 Å². The Morgan fingerprint density at radius 1 is 0.931 bits per heavy atom. The van der Waals surface area contributed by atoms with Crippen molar-refractivity contribution in [2.75, 3.05) is 5.32 Å². The lowest BCUT2D eigenvalue weighted by Gasteiger charge is -2.12. The van der Waals surface area contributed by atoms with Crippen LogP contribution in [0.3, 0.4) is 0 Å². The summed E-state index contributed by atoms with van der Waals surface area (Å²) in [4.78, 5) is 12.2. The number of azo groups is 1. The van der Waals surface area contributed by atoms with E-state index in [0.717, 1.165) is 6.92 Å². The molecule has 0 aromatic heterocycles. The van der Waals surface area contributed by atoms with E-state index in [2.05, 4.69) is 15.5 Å². The summed E-state index contributed by atoms with van der Waals surface area (Å²) in [6.07, 6.45) is -10.1. The molecule has 29 heavy (non-hydrogen) atoms. The molecular formula is C18H13F6N3O2. The third kappa shape index (κ3) is 6.06. The number of carbonyl (C=O) groups is 1. The number of hydrogen-bond donors (Lipinski definition) is 2. The molecule has 2 rings (SSSR count). The van der Waals surface area contributed by atoms with Crippen molar-refractivity contribution in [3.63, 3.8) is 0 Å². The van der Waals surface area contributed by atoms with Crippen LogP contribution in [-0.4, -0.2) is 11.0 Å². The second kappa shape index (κ2) is 8.33. The molecule has 0 spiro atoms. The van der Waals surface area contributed by atoms with Crippen molar-refractivity contribution in [3.8, 4) is 0 Å². The van der Waals surface area contributed by atoms with E-state index >= 15 is 0 Å². The van der Waals surface area contributed by atoms with Gasteiger partial charge in [0.2, 0.25) is 0 Å². The molecule has 0 aliphatic heterocycles. The number of nitrogens with zero attached hydrogens (tertiary/aromatic N) is 2. The zero-order valence-electron chi connectivity index (χ0n) is 14.6. The average molecular weight is 417 g/mol. The Labute approximate surface area is 160 Å². The Balaban J connectivity index is 2.39. The Hall–Kier alpha value is -3.37. The number of amides is 1. The first kappa shape index (κ1) is 21.9. The number of nitrogens with one attached hydrogen (secondary N) is 1. The normalized spacial score (nSPS) is 13.3. The number of hydrogen-bond acceptors (Lipinski definition) is 4. The van der Waals surface area contributed by atoms with E-state index in [1.165, 1.54) is 12.1 Å². The van der Waals surface area contributed by atoms with E-state index in [-0.39, 0.29) is 6.07 Å². The molecule has 154 valence electrons. The molecule has 5 nitrogen and oxygen atoms in total. The van der Waals surface area contributed by atoms with Gasteiger partial charge in [0.25, 0.3) is 5.91 Å². The van der Waals surface area contributed by atoms with Crippen LogP contribution in [-0.2, 0) is 17.1 Å². The van der Waals surface area contributed by atoms with E-state index in [4.69, 9.17) is 0 Å². The molecule has 0 heterocycles. The van der Waals surface area contributed by atoms with Gasteiger partial charge in [0.05, 0.1) is 16.8 Å². The maximum absolute atomic E-state index is 12.9. The highest BCUT2D eigenvalue weighted by Crippen LogP contribution is 2.38. The molecule has 0 atom stereocenters. The Kier molecular flexibility index (Phi) is 6.30.